The van der Waals surface area contributed by atoms with Gasteiger partial charge in [0.25, 0.3) is 0 Å². The van der Waals surface area contributed by atoms with Gasteiger partial charge in [-0.3, -0.25) is 9.69 Å². The average Bonchev–Trinajstić information content (AvgIpc) is 3.41. The van der Waals surface area contributed by atoms with Gasteiger partial charge in [0.1, 0.15) is 11.8 Å². The second-order valence-electron chi connectivity index (χ2n) is 9.45. The van der Waals surface area contributed by atoms with E-state index in [-0.39, 0.29) is 29.0 Å². The molecule has 0 bridgehead atoms. The SMILES string of the molecule is COc1ccc(S(=O)(=O)N[C@@H](Cc2ccccc2)C(=O)N2CCN(Cc3ccc4c(c3)OCO4)CC2)cc1Cl. The van der Waals surface area contributed by atoms with Crippen LogP contribution in [0, 0.1) is 0 Å². The number of carbonyl (C=O) groups excluding carboxylic acids is 1. The second kappa shape index (κ2) is 11.8. The van der Waals surface area contributed by atoms with E-state index in [2.05, 4.69) is 9.62 Å². The molecule has 0 aromatic heterocycles. The largest absolute Gasteiger partial charge is 0.495 e. The fraction of sp³-hybridized carbons (Fsp3) is 0.321. The molecule has 2 aliphatic rings. The Kier molecular flexibility index (Phi) is 8.27. The molecule has 3 aromatic carbocycles. The van der Waals surface area contributed by atoms with Gasteiger partial charge in [0.05, 0.1) is 17.0 Å². The van der Waals surface area contributed by atoms with Crippen LogP contribution in [0.15, 0.2) is 71.6 Å². The number of nitrogens with one attached hydrogen (secondary N) is 1. The molecular weight excluding hydrogens is 542 g/mol. The van der Waals surface area contributed by atoms with Gasteiger partial charge in [-0.1, -0.05) is 48.0 Å². The fourth-order valence-electron chi connectivity index (χ4n) is 4.74. The van der Waals surface area contributed by atoms with Crippen molar-refractivity contribution in [2.45, 2.75) is 23.9 Å². The number of benzene rings is 3. The quantitative estimate of drug-likeness (QED) is 0.421. The Morgan fingerprint density at radius 1 is 0.974 bits per heavy atom. The number of hydrogen-bond acceptors (Lipinski definition) is 7. The highest BCUT2D eigenvalue weighted by Crippen LogP contribution is 2.33. The molecular formula is C28H30ClN3O6S. The first-order valence-corrected chi connectivity index (χ1v) is 14.5. The lowest BCUT2D eigenvalue weighted by molar-refractivity contribution is -0.134. The first-order valence-electron chi connectivity index (χ1n) is 12.6. The zero-order chi connectivity index (χ0) is 27.4. The van der Waals surface area contributed by atoms with E-state index in [1.54, 1.807) is 4.90 Å². The maximum atomic E-state index is 13.7. The maximum Gasteiger partial charge on any atom is 0.241 e. The third-order valence-corrected chi connectivity index (χ3v) is 8.60. The third-order valence-electron chi connectivity index (χ3n) is 6.84. The van der Waals surface area contributed by atoms with E-state index < -0.39 is 16.1 Å². The van der Waals surface area contributed by atoms with Crippen LogP contribution in [-0.2, 0) is 27.8 Å². The van der Waals surface area contributed by atoms with Crippen LogP contribution >= 0.6 is 11.6 Å². The van der Waals surface area contributed by atoms with Crippen LogP contribution in [-0.4, -0.2) is 70.2 Å². The van der Waals surface area contributed by atoms with Crippen molar-refractivity contribution in [3.63, 3.8) is 0 Å². The number of nitrogens with zero attached hydrogens (tertiary/aromatic N) is 2. The molecule has 9 nitrogen and oxygen atoms in total. The number of methoxy groups -OCH3 is 1. The molecule has 206 valence electrons. The number of amides is 1. The zero-order valence-corrected chi connectivity index (χ0v) is 23.1. The van der Waals surface area contributed by atoms with E-state index >= 15 is 0 Å². The summed E-state index contributed by atoms with van der Waals surface area (Å²) < 4.78 is 45.2. The van der Waals surface area contributed by atoms with E-state index in [4.69, 9.17) is 25.8 Å². The molecule has 11 heteroatoms. The van der Waals surface area contributed by atoms with E-state index in [1.165, 1.54) is 25.3 Å². The molecule has 1 N–H and O–H groups in total. The summed E-state index contributed by atoms with van der Waals surface area (Å²) in [5.41, 5.74) is 1.96. The number of rotatable bonds is 9. The Labute approximate surface area is 233 Å². The molecule has 5 rings (SSSR count). The van der Waals surface area contributed by atoms with Crippen molar-refractivity contribution >= 4 is 27.5 Å². The Morgan fingerprint density at radius 3 is 2.44 bits per heavy atom. The predicted octanol–water partition coefficient (Wildman–Crippen LogP) is 3.31. The van der Waals surface area contributed by atoms with Crippen molar-refractivity contribution in [2.75, 3.05) is 40.1 Å². The van der Waals surface area contributed by atoms with Crippen molar-refractivity contribution in [2.24, 2.45) is 0 Å². The van der Waals surface area contributed by atoms with Crippen molar-refractivity contribution in [1.29, 1.82) is 0 Å². The van der Waals surface area contributed by atoms with Crippen LogP contribution in [0.3, 0.4) is 0 Å². The summed E-state index contributed by atoms with van der Waals surface area (Å²) in [5, 5.41) is 0.171. The van der Waals surface area contributed by atoms with Gasteiger partial charge in [0.2, 0.25) is 22.7 Å². The summed E-state index contributed by atoms with van der Waals surface area (Å²) in [6, 6.07) is 18.5. The topological polar surface area (TPSA) is 97.4 Å². The first kappa shape index (κ1) is 27.3. The lowest BCUT2D eigenvalue weighted by Crippen LogP contribution is -2.55. The van der Waals surface area contributed by atoms with Crippen LogP contribution in [0.5, 0.6) is 17.2 Å². The van der Waals surface area contributed by atoms with Gasteiger partial charge in [-0.05, 0) is 47.9 Å². The Morgan fingerprint density at radius 2 is 1.72 bits per heavy atom. The summed E-state index contributed by atoms with van der Waals surface area (Å²) in [5.74, 6) is 1.60. The van der Waals surface area contributed by atoms with Crippen molar-refractivity contribution < 1.29 is 27.4 Å². The standard InChI is InChI=1S/C28H30ClN3O6S/c1-36-25-10-8-22(17-23(25)29)39(34,35)30-24(15-20-5-3-2-4-6-20)28(33)32-13-11-31(12-14-32)18-21-7-9-26-27(16-21)38-19-37-26/h2-10,16-17,24,30H,11-15,18-19H2,1H3/t24-/m0/s1. The number of piperazine rings is 1. The number of halogens is 1. The van der Waals surface area contributed by atoms with Gasteiger partial charge in [0.15, 0.2) is 11.5 Å². The molecule has 1 saturated heterocycles. The van der Waals surface area contributed by atoms with Crippen molar-refractivity contribution in [3.05, 3.63) is 82.9 Å². The molecule has 2 heterocycles. The number of hydrogen-bond donors (Lipinski definition) is 1. The van der Waals surface area contributed by atoms with Crippen LogP contribution < -0.4 is 18.9 Å². The second-order valence-corrected chi connectivity index (χ2v) is 11.6. The van der Waals surface area contributed by atoms with Gasteiger partial charge in [-0.15, -0.1) is 0 Å². The molecule has 1 atom stereocenters. The van der Waals surface area contributed by atoms with Gasteiger partial charge < -0.3 is 19.1 Å². The highest BCUT2D eigenvalue weighted by atomic mass is 35.5. The van der Waals surface area contributed by atoms with Crippen LogP contribution in [0.25, 0.3) is 0 Å². The number of sulfonamides is 1. The smallest absolute Gasteiger partial charge is 0.241 e. The summed E-state index contributed by atoms with van der Waals surface area (Å²) in [4.78, 5) is 17.6. The molecule has 1 amide bonds. The number of ether oxygens (including phenoxy) is 3. The van der Waals surface area contributed by atoms with Gasteiger partial charge in [0, 0.05) is 32.7 Å². The molecule has 0 spiro atoms. The zero-order valence-electron chi connectivity index (χ0n) is 21.5. The van der Waals surface area contributed by atoms with Crippen molar-refractivity contribution in [3.8, 4) is 17.2 Å². The molecule has 1 fully saturated rings. The summed E-state index contributed by atoms with van der Waals surface area (Å²) in [6.45, 7) is 3.27. The van der Waals surface area contributed by atoms with Gasteiger partial charge in [-0.2, -0.15) is 4.72 Å². The minimum atomic E-state index is -4.04. The summed E-state index contributed by atoms with van der Waals surface area (Å²) in [7, 11) is -2.58. The molecule has 0 radical (unpaired) electrons. The lowest BCUT2D eigenvalue weighted by atomic mass is 10.1. The molecule has 0 aliphatic carbocycles. The Balaban J connectivity index is 1.27. The highest BCUT2D eigenvalue weighted by Gasteiger charge is 2.32. The molecule has 3 aromatic rings. The highest BCUT2D eigenvalue weighted by molar-refractivity contribution is 7.89. The minimum Gasteiger partial charge on any atom is -0.495 e. The third kappa shape index (κ3) is 6.47. The van der Waals surface area contributed by atoms with Crippen LogP contribution in [0.2, 0.25) is 5.02 Å². The van der Waals surface area contributed by atoms with Gasteiger partial charge >= 0.3 is 0 Å². The number of carbonyl (C=O) groups is 1. The monoisotopic (exact) mass is 571 g/mol. The van der Waals surface area contributed by atoms with E-state index in [0.717, 1.165) is 29.2 Å². The minimum absolute atomic E-state index is 0.0345. The normalized spacial score (nSPS) is 16.2. The summed E-state index contributed by atoms with van der Waals surface area (Å²) in [6.07, 6.45) is 0.222. The predicted molar refractivity (Wildman–Crippen MR) is 147 cm³/mol. The van der Waals surface area contributed by atoms with E-state index in [9.17, 15) is 13.2 Å². The molecule has 0 unspecified atom stereocenters. The maximum absolute atomic E-state index is 13.7. The van der Waals surface area contributed by atoms with Crippen LogP contribution in [0.4, 0.5) is 0 Å². The van der Waals surface area contributed by atoms with Crippen molar-refractivity contribution in [1.82, 2.24) is 14.5 Å². The number of fused-ring (bicyclic) bond motifs is 1. The van der Waals surface area contributed by atoms with Gasteiger partial charge in [-0.25, -0.2) is 8.42 Å². The fourth-order valence-corrected chi connectivity index (χ4v) is 6.28. The lowest BCUT2D eigenvalue weighted by Gasteiger charge is -2.36. The molecule has 2 aliphatic heterocycles. The Bertz CT molecular complexity index is 1430. The molecule has 0 saturated carbocycles. The molecule has 39 heavy (non-hydrogen) atoms. The first-order chi connectivity index (χ1) is 18.8. The van der Waals surface area contributed by atoms with Crippen LogP contribution in [0.1, 0.15) is 11.1 Å². The average molecular weight is 572 g/mol. The summed E-state index contributed by atoms with van der Waals surface area (Å²) >= 11 is 6.18. The van der Waals surface area contributed by atoms with E-state index in [0.29, 0.717) is 31.9 Å². The Hall–Kier alpha value is -3.31. The van der Waals surface area contributed by atoms with E-state index in [1.807, 2.05) is 48.5 Å².